The third kappa shape index (κ3) is 3.19. The highest BCUT2D eigenvalue weighted by atomic mass is 16.5. The molecule has 1 spiro atoms. The minimum absolute atomic E-state index is 0.151. The lowest BCUT2D eigenvalue weighted by Gasteiger charge is -2.31. The van der Waals surface area contributed by atoms with E-state index in [1.807, 2.05) is 4.90 Å². The number of likely N-dealkylation sites (tertiary alicyclic amines) is 1. The van der Waals surface area contributed by atoms with Gasteiger partial charge in [-0.25, -0.2) is 0 Å². The molecule has 1 saturated carbocycles. The summed E-state index contributed by atoms with van der Waals surface area (Å²) >= 11 is 0. The molecule has 28 heavy (non-hydrogen) atoms. The Morgan fingerprint density at radius 2 is 1.79 bits per heavy atom. The van der Waals surface area contributed by atoms with Gasteiger partial charge in [0.1, 0.15) is 0 Å². The topological polar surface area (TPSA) is 32.8 Å². The highest BCUT2D eigenvalue weighted by Gasteiger charge is 2.47. The molecule has 2 unspecified atom stereocenters. The fourth-order valence-corrected chi connectivity index (χ4v) is 6.28. The molecule has 4 fully saturated rings. The van der Waals surface area contributed by atoms with E-state index in [2.05, 4.69) is 36.1 Å². The van der Waals surface area contributed by atoms with Crippen molar-refractivity contribution >= 4 is 11.6 Å². The first-order chi connectivity index (χ1) is 13.7. The molecule has 1 aromatic rings. The molecule has 1 aromatic carbocycles. The van der Waals surface area contributed by atoms with Crippen molar-refractivity contribution in [2.75, 3.05) is 31.2 Å². The van der Waals surface area contributed by atoms with Gasteiger partial charge in [0, 0.05) is 37.5 Å². The van der Waals surface area contributed by atoms with E-state index in [0.29, 0.717) is 11.8 Å². The van der Waals surface area contributed by atoms with E-state index in [1.165, 1.54) is 44.2 Å². The lowest BCUT2D eigenvalue weighted by Crippen LogP contribution is -2.38. The zero-order chi connectivity index (χ0) is 19.1. The molecule has 3 aliphatic heterocycles. The van der Waals surface area contributed by atoms with Crippen LogP contribution >= 0.6 is 0 Å². The molecule has 3 heterocycles. The van der Waals surface area contributed by atoms with Gasteiger partial charge in [-0.1, -0.05) is 12.1 Å². The SMILES string of the molecule is C[C@H]1CCCN1C1CCC(c2ccc(N3CCC4(CCOCC4)C3=O)cc2)C1. The van der Waals surface area contributed by atoms with Crippen molar-refractivity contribution in [1.82, 2.24) is 4.90 Å². The molecule has 1 amide bonds. The van der Waals surface area contributed by atoms with Gasteiger partial charge >= 0.3 is 0 Å². The van der Waals surface area contributed by atoms with Crippen LogP contribution in [0.25, 0.3) is 0 Å². The van der Waals surface area contributed by atoms with Crippen LogP contribution in [0.5, 0.6) is 0 Å². The molecule has 0 N–H and O–H groups in total. The van der Waals surface area contributed by atoms with Crippen LogP contribution in [-0.2, 0) is 9.53 Å². The zero-order valence-electron chi connectivity index (χ0n) is 17.2. The standard InChI is InChI=1S/C24H34N2O2/c1-18-3-2-13-25(18)22-9-6-20(17-22)19-4-7-21(8-5-19)26-14-10-24(23(26)27)11-15-28-16-12-24/h4-5,7-8,18,20,22H,2-3,6,9-17H2,1H3/t18-,20?,22?/m0/s1. The first-order valence-corrected chi connectivity index (χ1v) is 11.4. The Kier molecular flexibility index (Phi) is 4.96. The van der Waals surface area contributed by atoms with Crippen LogP contribution in [0.3, 0.4) is 0 Å². The second kappa shape index (κ2) is 7.46. The van der Waals surface area contributed by atoms with Gasteiger partial charge in [0.2, 0.25) is 5.91 Å². The van der Waals surface area contributed by atoms with Crippen molar-refractivity contribution < 1.29 is 9.53 Å². The highest BCUT2D eigenvalue weighted by Crippen LogP contribution is 2.43. The van der Waals surface area contributed by atoms with E-state index in [4.69, 9.17) is 4.74 Å². The molecule has 4 heteroatoms. The quantitative estimate of drug-likeness (QED) is 0.780. The van der Waals surface area contributed by atoms with Crippen LogP contribution in [0.15, 0.2) is 24.3 Å². The largest absolute Gasteiger partial charge is 0.381 e. The minimum Gasteiger partial charge on any atom is -0.381 e. The molecular formula is C24H34N2O2. The number of carbonyl (C=O) groups is 1. The summed E-state index contributed by atoms with van der Waals surface area (Å²) in [5, 5.41) is 0. The highest BCUT2D eigenvalue weighted by molar-refractivity contribution is 5.99. The lowest BCUT2D eigenvalue weighted by molar-refractivity contribution is -0.130. The Labute approximate surface area is 169 Å². The number of hydrogen-bond acceptors (Lipinski definition) is 3. The van der Waals surface area contributed by atoms with E-state index in [-0.39, 0.29) is 5.41 Å². The molecule has 3 atom stereocenters. The molecule has 4 aliphatic rings. The summed E-state index contributed by atoms with van der Waals surface area (Å²) in [6.07, 6.45) is 9.44. The molecule has 152 valence electrons. The molecule has 0 aromatic heterocycles. The van der Waals surface area contributed by atoms with E-state index in [1.54, 1.807) is 0 Å². The fourth-order valence-electron chi connectivity index (χ4n) is 6.28. The van der Waals surface area contributed by atoms with E-state index >= 15 is 0 Å². The second-order valence-corrected chi connectivity index (χ2v) is 9.58. The van der Waals surface area contributed by atoms with Gasteiger partial charge < -0.3 is 9.64 Å². The monoisotopic (exact) mass is 382 g/mol. The predicted octanol–water partition coefficient (Wildman–Crippen LogP) is 4.34. The summed E-state index contributed by atoms with van der Waals surface area (Å²) in [7, 11) is 0. The second-order valence-electron chi connectivity index (χ2n) is 9.58. The van der Waals surface area contributed by atoms with Crippen LogP contribution in [-0.4, -0.2) is 49.2 Å². The van der Waals surface area contributed by atoms with Crippen molar-refractivity contribution in [3.8, 4) is 0 Å². The number of hydrogen-bond donors (Lipinski definition) is 0. The van der Waals surface area contributed by atoms with E-state index in [9.17, 15) is 4.79 Å². The molecule has 3 saturated heterocycles. The number of rotatable bonds is 3. The third-order valence-corrected chi connectivity index (χ3v) is 8.12. The van der Waals surface area contributed by atoms with Crippen molar-refractivity contribution in [2.45, 2.75) is 76.3 Å². The van der Waals surface area contributed by atoms with Crippen LogP contribution in [0, 0.1) is 5.41 Å². The maximum atomic E-state index is 13.1. The van der Waals surface area contributed by atoms with Gasteiger partial charge in [0.15, 0.2) is 0 Å². The van der Waals surface area contributed by atoms with Gasteiger partial charge in [-0.2, -0.15) is 0 Å². The predicted molar refractivity (Wildman–Crippen MR) is 112 cm³/mol. The summed E-state index contributed by atoms with van der Waals surface area (Å²) < 4.78 is 5.50. The lowest BCUT2D eigenvalue weighted by atomic mass is 9.79. The van der Waals surface area contributed by atoms with Crippen LogP contribution in [0.1, 0.15) is 69.8 Å². The number of anilines is 1. The Morgan fingerprint density at radius 3 is 2.50 bits per heavy atom. The summed E-state index contributed by atoms with van der Waals surface area (Å²) in [6, 6.07) is 10.5. The first-order valence-electron chi connectivity index (χ1n) is 11.4. The summed E-state index contributed by atoms with van der Waals surface area (Å²) in [6.45, 7) is 6.01. The number of benzene rings is 1. The molecule has 4 nitrogen and oxygen atoms in total. The van der Waals surface area contributed by atoms with Gasteiger partial charge in [0.05, 0.1) is 5.41 Å². The summed E-state index contributed by atoms with van der Waals surface area (Å²) in [4.78, 5) is 17.9. The van der Waals surface area contributed by atoms with E-state index in [0.717, 1.165) is 56.8 Å². The van der Waals surface area contributed by atoms with Crippen molar-refractivity contribution in [3.05, 3.63) is 29.8 Å². The van der Waals surface area contributed by atoms with E-state index < -0.39 is 0 Å². The van der Waals surface area contributed by atoms with Crippen molar-refractivity contribution in [3.63, 3.8) is 0 Å². The smallest absolute Gasteiger partial charge is 0.233 e. The Morgan fingerprint density at radius 1 is 1.00 bits per heavy atom. The molecule has 5 rings (SSSR count). The number of carbonyl (C=O) groups excluding carboxylic acids is 1. The maximum absolute atomic E-state index is 13.1. The molecular weight excluding hydrogens is 348 g/mol. The zero-order valence-corrected chi connectivity index (χ0v) is 17.2. The third-order valence-electron chi connectivity index (χ3n) is 8.12. The maximum Gasteiger partial charge on any atom is 0.233 e. The normalized spacial score (nSPS) is 33.2. The van der Waals surface area contributed by atoms with Crippen molar-refractivity contribution in [2.24, 2.45) is 5.41 Å². The van der Waals surface area contributed by atoms with Crippen LogP contribution < -0.4 is 4.90 Å². The van der Waals surface area contributed by atoms with Gasteiger partial charge in [0.25, 0.3) is 0 Å². The first kappa shape index (κ1) is 18.6. The van der Waals surface area contributed by atoms with Crippen LogP contribution in [0.4, 0.5) is 5.69 Å². The Hall–Kier alpha value is -1.39. The Balaban J connectivity index is 1.25. The number of nitrogens with zero attached hydrogens (tertiary/aromatic N) is 2. The molecule has 1 aliphatic carbocycles. The number of amides is 1. The van der Waals surface area contributed by atoms with Crippen LogP contribution in [0.2, 0.25) is 0 Å². The molecule has 0 bridgehead atoms. The Bertz CT molecular complexity index is 710. The van der Waals surface area contributed by atoms with Gasteiger partial charge in [-0.15, -0.1) is 0 Å². The van der Waals surface area contributed by atoms with Gasteiger partial charge in [-0.05, 0) is 88.4 Å². The summed E-state index contributed by atoms with van der Waals surface area (Å²) in [5.41, 5.74) is 2.40. The van der Waals surface area contributed by atoms with Gasteiger partial charge in [-0.3, -0.25) is 9.69 Å². The number of ether oxygens (including phenoxy) is 1. The molecule has 0 radical (unpaired) electrons. The van der Waals surface area contributed by atoms with Crippen molar-refractivity contribution in [1.29, 1.82) is 0 Å². The average Bonchev–Trinajstić information content (AvgIpc) is 3.44. The average molecular weight is 383 g/mol. The summed E-state index contributed by atoms with van der Waals surface area (Å²) in [5.74, 6) is 1.01. The fraction of sp³-hybridized carbons (Fsp3) is 0.708. The minimum atomic E-state index is -0.151.